The van der Waals surface area contributed by atoms with E-state index < -0.39 is 0 Å². The molecule has 0 unspecified atom stereocenters. The van der Waals surface area contributed by atoms with Crippen LogP contribution in [0.2, 0.25) is 0 Å². The summed E-state index contributed by atoms with van der Waals surface area (Å²) >= 11 is 0. The smallest absolute Gasteiger partial charge is 0.191 e. The Morgan fingerprint density at radius 3 is 2.18 bits per heavy atom. The fourth-order valence-electron chi connectivity index (χ4n) is 0.874. The first-order chi connectivity index (χ1) is 5.26. The number of hydrogen-bond acceptors (Lipinski definition) is 1. The highest BCUT2D eigenvalue weighted by Gasteiger charge is 1.99. The molecule has 0 rings (SSSR count). The molecule has 0 saturated carbocycles. The number of hydrogen-bond donors (Lipinski definition) is 1. The van der Waals surface area contributed by atoms with E-state index in [0.29, 0.717) is 5.96 Å². The highest BCUT2D eigenvalue weighted by Crippen LogP contribution is 1.87. The van der Waals surface area contributed by atoms with Crippen LogP contribution in [0.1, 0.15) is 27.2 Å². The summed E-state index contributed by atoms with van der Waals surface area (Å²) in [7, 11) is 0. The second-order valence-corrected chi connectivity index (χ2v) is 2.41. The fourth-order valence-corrected chi connectivity index (χ4v) is 0.874. The van der Waals surface area contributed by atoms with Crippen molar-refractivity contribution in [2.75, 3.05) is 19.6 Å². The van der Waals surface area contributed by atoms with Gasteiger partial charge in [-0.05, 0) is 20.3 Å². The molecule has 0 bridgehead atoms. The zero-order valence-electron chi connectivity index (χ0n) is 7.80. The van der Waals surface area contributed by atoms with Crippen LogP contribution in [0.15, 0.2) is 4.99 Å². The molecule has 0 aliphatic heterocycles. The van der Waals surface area contributed by atoms with Crippen LogP contribution < -0.4 is 5.73 Å². The van der Waals surface area contributed by atoms with Gasteiger partial charge < -0.3 is 10.6 Å². The molecule has 0 aliphatic rings. The average molecular weight is 157 g/mol. The molecule has 2 N–H and O–H groups in total. The summed E-state index contributed by atoms with van der Waals surface area (Å²) in [5, 5.41) is 0. The van der Waals surface area contributed by atoms with Crippen molar-refractivity contribution in [2.45, 2.75) is 27.2 Å². The minimum atomic E-state index is 0.678. The van der Waals surface area contributed by atoms with E-state index >= 15 is 0 Å². The van der Waals surface area contributed by atoms with Crippen molar-refractivity contribution in [2.24, 2.45) is 10.7 Å². The van der Waals surface area contributed by atoms with E-state index in [2.05, 4.69) is 30.7 Å². The molecule has 0 aliphatic carbocycles. The lowest BCUT2D eigenvalue weighted by Gasteiger charge is -2.19. The predicted octanol–water partition coefficient (Wildman–Crippen LogP) is 1.05. The van der Waals surface area contributed by atoms with Crippen LogP contribution >= 0.6 is 0 Å². The fraction of sp³-hybridized carbons (Fsp3) is 0.875. The van der Waals surface area contributed by atoms with E-state index in [9.17, 15) is 0 Å². The van der Waals surface area contributed by atoms with Crippen LogP contribution in [0.25, 0.3) is 0 Å². The number of rotatable bonds is 4. The molecular weight excluding hydrogens is 138 g/mol. The van der Waals surface area contributed by atoms with E-state index in [4.69, 9.17) is 5.73 Å². The van der Waals surface area contributed by atoms with Gasteiger partial charge in [0.2, 0.25) is 0 Å². The Kier molecular flexibility index (Phi) is 5.61. The molecule has 0 fully saturated rings. The monoisotopic (exact) mass is 157 g/mol. The molecule has 0 heterocycles. The lowest BCUT2D eigenvalue weighted by atomic mass is 10.5. The van der Waals surface area contributed by atoms with Crippen LogP contribution in [-0.2, 0) is 0 Å². The van der Waals surface area contributed by atoms with Gasteiger partial charge in [-0.2, -0.15) is 0 Å². The second-order valence-electron chi connectivity index (χ2n) is 2.41. The predicted molar refractivity (Wildman–Crippen MR) is 49.7 cm³/mol. The van der Waals surface area contributed by atoms with Gasteiger partial charge >= 0.3 is 0 Å². The molecule has 0 saturated heterocycles. The number of nitrogens with two attached hydrogens (primary N) is 1. The van der Waals surface area contributed by atoms with Gasteiger partial charge in [0, 0.05) is 19.6 Å². The van der Waals surface area contributed by atoms with Gasteiger partial charge in [-0.3, -0.25) is 4.99 Å². The minimum absolute atomic E-state index is 0.678. The summed E-state index contributed by atoms with van der Waals surface area (Å²) in [5.41, 5.74) is 5.70. The molecule has 3 nitrogen and oxygen atoms in total. The lowest BCUT2D eigenvalue weighted by molar-refractivity contribution is 0.458. The SMILES string of the molecule is CCCN=C(N)N(CC)CC. The zero-order chi connectivity index (χ0) is 8.69. The highest BCUT2D eigenvalue weighted by molar-refractivity contribution is 5.77. The van der Waals surface area contributed by atoms with Gasteiger partial charge in [0.25, 0.3) is 0 Å². The van der Waals surface area contributed by atoms with E-state index in [1.165, 1.54) is 0 Å². The average Bonchev–Trinajstić information content (AvgIpc) is 2.03. The number of nitrogens with zero attached hydrogens (tertiary/aromatic N) is 2. The van der Waals surface area contributed by atoms with Gasteiger partial charge in [0.1, 0.15) is 0 Å². The maximum absolute atomic E-state index is 5.70. The number of aliphatic imine (C=N–C) groups is 1. The largest absolute Gasteiger partial charge is 0.370 e. The molecule has 0 aromatic rings. The van der Waals surface area contributed by atoms with Gasteiger partial charge in [-0.1, -0.05) is 6.92 Å². The Hall–Kier alpha value is -0.730. The standard InChI is InChI=1S/C8H19N3/c1-4-7-10-8(9)11(5-2)6-3/h4-7H2,1-3H3,(H2,9,10). The molecule has 0 atom stereocenters. The summed E-state index contributed by atoms with van der Waals surface area (Å²) in [4.78, 5) is 6.26. The first kappa shape index (κ1) is 10.3. The molecule has 0 aromatic carbocycles. The summed E-state index contributed by atoms with van der Waals surface area (Å²) in [6.07, 6.45) is 1.06. The van der Waals surface area contributed by atoms with Crippen LogP contribution in [0.5, 0.6) is 0 Å². The normalized spacial score (nSPS) is 11.7. The molecule has 0 aromatic heterocycles. The van der Waals surface area contributed by atoms with E-state index in [1.807, 2.05) is 0 Å². The van der Waals surface area contributed by atoms with Crippen molar-refractivity contribution in [3.8, 4) is 0 Å². The van der Waals surface area contributed by atoms with Crippen molar-refractivity contribution in [1.29, 1.82) is 0 Å². The second kappa shape index (κ2) is 6.01. The quantitative estimate of drug-likeness (QED) is 0.489. The third-order valence-electron chi connectivity index (χ3n) is 1.58. The Balaban J connectivity index is 3.85. The van der Waals surface area contributed by atoms with Crippen molar-refractivity contribution < 1.29 is 0 Å². The highest BCUT2D eigenvalue weighted by atomic mass is 15.2. The van der Waals surface area contributed by atoms with Crippen molar-refractivity contribution in [3.63, 3.8) is 0 Å². The lowest BCUT2D eigenvalue weighted by Crippen LogP contribution is -2.37. The van der Waals surface area contributed by atoms with Crippen LogP contribution in [-0.4, -0.2) is 30.5 Å². The van der Waals surface area contributed by atoms with Crippen LogP contribution in [0.4, 0.5) is 0 Å². The third-order valence-corrected chi connectivity index (χ3v) is 1.58. The van der Waals surface area contributed by atoms with Gasteiger partial charge in [-0.15, -0.1) is 0 Å². The van der Waals surface area contributed by atoms with E-state index in [-0.39, 0.29) is 0 Å². The van der Waals surface area contributed by atoms with Gasteiger partial charge in [0.05, 0.1) is 0 Å². The molecule has 0 radical (unpaired) electrons. The van der Waals surface area contributed by atoms with Gasteiger partial charge in [0.15, 0.2) is 5.96 Å². The minimum Gasteiger partial charge on any atom is -0.370 e. The topological polar surface area (TPSA) is 41.6 Å². The van der Waals surface area contributed by atoms with Crippen LogP contribution in [0.3, 0.4) is 0 Å². The maximum Gasteiger partial charge on any atom is 0.191 e. The molecule has 0 spiro atoms. The Morgan fingerprint density at radius 1 is 1.27 bits per heavy atom. The maximum atomic E-state index is 5.70. The van der Waals surface area contributed by atoms with E-state index in [1.54, 1.807) is 0 Å². The summed E-state index contributed by atoms with van der Waals surface area (Å²) in [6.45, 7) is 8.97. The third kappa shape index (κ3) is 3.86. The first-order valence-electron chi connectivity index (χ1n) is 4.31. The Labute approximate surface area is 69.3 Å². The number of guanidine groups is 1. The first-order valence-corrected chi connectivity index (χ1v) is 4.31. The Bertz CT molecular complexity index is 117. The van der Waals surface area contributed by atoms with E-state index in [0.717, 1.165) is 26.1 Å². The summed E-state index contributed by atoms with van der Waals surface area (Å²) in [5.74, 6) is 0.678. The summed E-state index contributed by atoms with van der Waals surface area (Å²) < 4.78 is 0. The van der Waals surface area contributed by atoms with Crippen molar-refractivity contribution >= 4 is 5.96 Å². The molecular formula is C8H19N3. The molecule has 3 heteroatoms. The molecule has 66 valence electrons. The Morgan fingerprint density at radius 2 is 1.82 bits per heavy atom. The summed E-state index contributed by atoms with van der Waals surface area (Å²) in [6, 6.07) is 0. The van der Waals surface area contributed by atoms with Crippen LogP contribution in [0, 0.1) is 0 Å². The zero-order valence-corrected chi connectivity index (χ0v) is 7.80. The molecule has 0 amide bonds. The van der Waals surface area contributed by atoms with Crippen molar-refractivity contribution in [3.05, 3.63) is 0 Å². The molecule has 11 heavy (non-hydrogen) atoms. The van der Waals surface area contributed by atoms with Crippen molar-refractivity contribution in [1.82, 2.24) is 4.90 Å². The van der Waals surface area contributed by atoms with Gasteiger partial charge in [-0.25, -0.2) is 0 Å².